The maximum absolute atomic E-state index is 12.4. The van der Waals surface area contributed by atoms with Crippen molar-refractivity contribution in [3.05, 3.63) is 35.4 Å². The molecule has 0 radical (unpaired) electrons. The molecule has 1 aromatic carbocycles. The quantitative estimate of drug-likeness (QED) is 0.868. The Morgan fingerprint density at radius 1 is 1.32 bits per heavy atom. The van der Waals surface area contributed by atoms with Crippen LogP contribution in [0.4, 0.5) is 13.2 Å². The number of nitrogens with one attached hydrogen (secondary N) is 1. The summed E-state index contributed by atoms with van der Waals surface area (Å²) in [5.74, 6) is -2.06. The number of amides is 2. The van der Waals surface area contributed by atoms with Gasteiger partial charge in [0, 0.05) is 12.0 Å². The molecule has 0 aliphatic carbocycles. The predicted molar refractivity (Wildman–Crippen MR) is 71.3 cm³/mol. The van der Waals surface area contributed by atoms with Gasteiger partial charge in [0.05, 0.1) is 11.6 Å². The number of hydrogen-bond acceptors (Lipinski definition) is 3. The summed E-state index contributed by atoms with van der Waals surface area (Å²) in [4.78, 5) is 23.3. The first-order valence-electron chi connectivity index (χ1n) is 6.31. The van der Waals surface area contributed by atoms with Crippen LogP contribution in [0.5, 0.6) is 0 Å². The topological polar surface area (TPSA) is 96.0 Å². The number of nitriles is 1. The van der Waals surface area contributed by atoms with Crippen LogP contribution in [-0.4, -0.2) is 17.9 Å². The molecule has 0 bridgehead atoms. The van der Waals surface area contributed by atoms with Gasteiger partial charge in [-0.25, -0.2) is 0 Å². The molecule has 0 saturated heterocycles. The van der Waals surface area contributed by atoms with E-state index in [-0.39, 0.29) is 12.0 Å². The smallest absolute Gasteiger partial charge is 0.368 e. The highest BCUT2D eigenvalue weighted by molar-refractivity contribution is 5.97. The van der Waals surface area contributed by atoms with E-state index in [4.69, 9.17) is 11.0 Å². The van der Waals surface area contributed by atoms with Crippen molar-refractivity contribution in [3.63, 3.8) is 0 Å². The van der Waals surface area contributed by atoms with Crippen LogP contribution in [0.15, 0.2) is 24.3 Å². The lowest BCUT2D eigenvalue weighted by atomic mass is 9.98. The van der Waals surface area contributed by atoms with Gasteiger partial charge in [-0.1, -0.05) is 6.92 Å². The Hall–Kier alpha value is -2.56. The summed E-state index contributed by atoms with van der Waals surface area (Å²) in [6, 6.07) is 4.33. The zero-order valence-corrected chi connectivity index (χ0v) is 11.6. The third-order valence-corrected chi connectivity index (χ3v) is 3.05. The minimum Gasteiger partial charge on any atom is -0.368 e. The van der Waals surface area contributed by atoms with Gasteiger partial charge >= 0.3 is 6.18 Å². The summed E-state index contributed by atoms with van der Waals surface area (Å²) in [6.45, 7) is 1.56. The van der Waals surface area contributed by atoms with Gasteiger partial charge in [0.2, 0.25) is 5.91 Å². The van der Waals surface area contributed by atoms with E-state index in [2.05, 4.69) is 5.32 Å². The fraction of sp³-hybridized carbons (Fsp3) is 0.357. The zero-order valence-electron chi connectivity index (χ0n) is 11.6. The first kappa shape index (κ1) is 17.5. The second-order valence-corrected chi connectivity index (χ2v) is 4.77. The number of benzene rings is 1. The van der Waals surface area contributed by atoms with Crippen LogP contribution in [0.2, 0.25) is 0 Å². The van der Waals surface area contributed by atoms with Crippen LogP contribution in [0.1, 0.15) is 29.3 Å². The minimum atomic E-state index is -4.49. The van der Waals surface area contributed by atoms with Gasteiger partial charge in [-0.05, 0) is 30.2 Å². The molecule has 118 valence electrons. The first-order valence-corrected chi connectivity index (χ1v) is 6.31. The van der Waals surface area contributed by atoms with Crippen LogP contribution >= 0.6 is 0 Å². The summed E-state index contributed by atoms with van der Waals surface area (Å²) >= 11 is 0. The number of primary amides is 1. The fourth-order valence-electron chi connectivity index (χ4n) is 1.79. The van der Waals surface area contributed by atoms with Crippen molar-refractivity contribution in [1.82, 2.24) is 5.32 Å². The summed E-state index contributed by atoms with van der Waals surface area (Å²) in [6.07, 6.45) is -4.49. The SMILES string of the molecule is C[C@@H](CC#N)[C@@H](NC(=O)c1ccc(C(F)(F)F)cc1)C(N)=O. The van der Waals surface area contributed by atoms with Crippen LogP contribution in [-0.2, 0) is 11.0 Å². The number of hydrogen-bond donors (Lipinski definition) is 2. The van der Waals surface area contributed by atoms with Crippen molar-refractivity contribution in [2.24, 2.45) is 11.7 Å². The third-order valence-electron chi connectivity index (χ3n) is 3.05. The molecule has 1 rings (SSSR count). The molecule has 5 nitrogen and oxygen atoms in total. The molecule has 2 atom stereocenters. The Balaban J connectivity index is 2.87. The van der Waals surface area contributed by atoms with E-state index in [0.29, 0.717) is 0 Å². The normalized spacial score (nSPS) is 13.8. The number of nitrogens with two attached hydrogens (primary N) is 1. The van der Waals surface area contributed by atoms with Gasteiger partial charge in [0.1, 0.15) is 6.04 Å². The molecule has 0 saturated carbocycles. The molecule has 22 heavy (non-hydrogen) atoms. The average Bonchev–Trinajstić information content (AvgIpc) is 2.43. The van der Waals surface area contributed by atoms with Crippen LogP contribution in [0.25, 0.3) is 0 Å². The van der Waals surface area contributed by atoms with Crippen LogP contribution in [0.3, 0.4) is 0 Å². The van der Waals surface area contributed by atoms with Gasteiger partial charge in [0.25, 0.3) is 5.91 Å². The Morgan fingerprint density at radius 3 is 2.27 bits per heavy atom. The summed E-state index contributed by atoms with van der Waals surface area (Å²) < 4.78 is 37.3. The highest BCUT2D eigenvalue weighted by Gasteiger charge is 2.30. The number of carbonyl (C=O) groups excluding carboxylic acids is 2. The Labute approximate surface area is 124 Å². The Morgan fingerprint density at radius 2 is 1.86 bits per heavy atom. The summed E-state index contributed by atoms with van der Waals surface area (Å²) in [7, 11) is 0. The lowest BCUT2D eigenvalue weighted by Gasteiger charge is -2.20. The molecule has 0 fully saturated rings. The molecule has 2 amide bonds. The van der Waals surface area contributed by atoms with Crippen molar-refractivity contribution in [2.45, 2.75) is 25.6 Å². The number of nitrogens with zero attached hydrogens (tertiary/aromatic N) is 1. The second-order valence-electron chi connectivity index (χ2n) is 4.77. The van der Waals surface area contributed by atoms with Crippen molar-refractivity contribution in [3.8, 4) is 6.07 Å². The van der Waals surface area contributed by atoms with Crippen LogP contribution in [0, 0.1) is 17.2 Å². The third kappa shape index (κ3) is 4.48. The molecule has 3 N–H and O–H groups in total. The van der Waals surface area contributed by atoms with Gasteiger partial charge in [-0.15, -0.1) is 0 Å². The number of rotatable bonds is 5. The molecular formula is C14H14F3N3O2. The largest absolute Gasteiger partial charge is 0.416 e. The predicted octanol–water partition coefficient (Wildman–Crippen LogP) is 1.84. The standard InChI is InChI=1S/C14H14F3N3O2/c1-8(6-7-18)11(12(19)21)20-13(22)9-2-4-10(5-3-9)14(15,16)17/h2-5,8,11H,6H2,1H3,(H2,19,21)(H,20,22)/t8-,11+/m0/s1. The summed E-state index contributed by atoms with van der Waals surface area (Å²) in [5, 5.41) is 10.9. The molecule has 0 heterocycles. The fourth-order valence-corrected chi connectivity index (χ4v) is 1.79. The molecule has 0 aliphatic heterocycles. The van der Waals surface area contributed by atoms with Gasteiger partial charge < -0.3 is 11.1 Å². The van der Waals surface area contributed by atoms with Crippen molar-refractivity contribution >= 4 is 11.8 Å². The Bertz CT molecular complexity index is 591. The number of alkyl halides is 3. The zero-order chi connectivity index (χ0) is 16.9. The maximum atomic E-state index is 12.4. The van der Waals surface area contributed by atoms with E-state index in [1.807, 2.05) is 6.07 Å². The molecule has 0 aliphatic rings. The van der Waals surface area contributed by atoms with Crippen LogP contribution < -0.4 is 11.1 Å². The number of carbonyl (C=O) groups is 2. The molecular weight excluding hydrogens is 299 g/mol. The number of halogens is 3. The lowest BCUT2D eigenvalue weighted by molar-refractivity contribution is -0.137. The van der Waals surface area contributed by atoms with E-state index in [1.165, 1.54) is 0 Å². The van der Waals surface area contributed by atoms with E-state index in [0.717, 1.165) is 24.3 Å². The highest BCUT2D eigenvalue weighted by atomic mass is 19.4. The van der Waals surface area contributed by atoms with Crippen molar-refractivity contribution in [2.75, 3.05) is 0 Å². The monoisotopic (exact) mass is 313 g/mol. The first-order chi connectivity index (χ1) is 10.2. The van der Waals surface area contributed by atoms with E-state index in [1.54, 1.807) is 6.92 Å². The second kappa shape index (κ2) is 6.93. The van der Waals surface area contributed by atoms with Gasteiger partial charge in [0.15, 0.2) is 0 Å². The van der Waals surface area contributed by atoms with Crippen molar-refractivity contribution in [1.29, 1.82) is 5.26 Å². The van der Waals surface area contributed by atoms with E-state index >= 15 is 0 Å². The van der Waals surface area contributed by atoms with E-state index in [9.17, 15) is 22.8 Å². The summed E-state index contributed by atoms with van der Waals surface area (Å²) in [5.41, 5.74) is 4.24. The van der Waals surface area contributed by atoms with Gasteiger partial charge in [-0.3, -0.25) is 9.59 Å². The minimum absolute atomic E-state index is 0.000891. The van der Waals surface area contributed by atoms with Crippen molar-refractivity contribution < 1.29 is 22.8 Å². The highest BCUT2D eigenvalue weighted by Crippen LogP contribution is 2.29. The Kier molecular flexibility index (Phi) is 5.51. The molecule has 0 unspecified atom stereocenters. The molecule has 0 aromatic heterocycles. The molecule has 0 spiro atoms. The molecule has 8 heteroatoms. The van der Waals surface area contributed by atoms with E-state index < -0.39 is 35.5 Å². The molecule has 1 aromatic rings. The van der Waals surface area contributed by atoms with Gasteiger partial charge in [-0.2, -0.15) is 18.4 Å². The lowest BCUT2D eigenvalue weighted by Crippen LogP contribution is -2.48. The maximum Gasteiger partial charge on any atom is 0.416 e. The average molecular weight is 313 g/mol.